The van der Waals surface area contributed by atoms with E-state index in [1.54, 1.807) is 6.07 Å². The summed E-state index contributed by atoms with van der Waals surface area (Å²) in [7, 11) is 0. The van der Waals surface area contributed by atoms with Crippen LogP contribution in [0.3, 0.4) is 0 Å². The predicted molar refractivity (Wildman–Crippen MR) is 74.6 cm³/mol. The second kappa shape index (κ2) is 6.26. The van der Waals surface area contributed by atoms with Crippen molar-refractivity contribution in [2.45, 2.75) is 12.7 Å². The molecule has 0 aliphatic rings. The molecule has 2 rings (SSSR count). The van der Waals surface area contributed by atoms with Gasteiger partial charge in [-0.25, -0.2) is 4.98 Å². The molecule has 0 saturated heterocycles. The number of carbonyl (C=O) groups excluding carboxylic acids is 1. The van der Waals surface area contributed by atoms with Crippen molar-refractivity contribution in [1.29, 1.82) is 0 Å². The normalized spacial score (nSPS) is 11.2. The fourth-order valence-electron chi connectivity index (χ4n) is 1.64. The number of hydrogen-bond donors (Lipinski definition) is 1. The predicted octanol–water partition coefficient (Wildman–Crippen LogP) is 3.79. The van der Waals surface area contributed by atoms with E-state index in [1.165, 1.54) is 24.4 Å². The minimum Gasteiger partial charge on any atom is -0.347 e. The monoisotopic (exact) mass is 358 g/mol. The van der Waals surface area contributed by atoms with E-state index in [1.807, 2.05) is 0 Å². The summed E-state index contributed by atoms with van der Waals surface area (Å²) >= 11 is 3.20. The van der Waals surface area contributed by atoms with E-state index in [2.05, 4.69) is 26.2 Å². The van der Waals surface area contributed by atoms with Gasteiger partial charge in [-0.1, -0.05) is 12.1 Å². The Morgan fingerprint density at radius 3 is 2.62 bits per heavy atom. The van der Waals surface area contributed by atoms with Crippen LogP contribution in [0.4, 0.5) is 13.2 Å². The fourth-order valence-corrected chi connectivity index (χ4v) is 1.88. The minimum absolute atomic E-state index is 0.000493. The molecule has 0 aliphatic heterocycles. The van der Waals surface area contributed by atoms with Gasteiger partial charge in [-0.15, -0.1) is 0 Å². The summed E-state index contributed by atoms with van der Waals surface area (Å²) in [4.78, 5) is 15.7. The molecule has 0 saturated carbocycles. The zero-order valence-electron chi connectivity index (χ0n) is 10.6. The van der Waals surface area contributed by atoms with Gasteiger partial charge >= 0.3 is 6.18 Å². The number of rotatable bonds is 3. The Morgan fingerprint density at radius 2 is 2.00 bits per heavy atom. The number of carbonyl (C=O) groups is 1. The van der Waals surface area contributed by atoms with Crippen molar-refractivity contribution < 1.29 is 18.0 Å². The first-order valence-electron chi connectivity index (χ1n) is 5.92. The number of halogens is 4. The van der Waals surface area contributed by atoms with Gasteiger partial charge in [0.25, 0.3) is 5.91 Å². The molecule has 7 heteroatoms. The molecule has 1 aromatic heterocycles. The van der Waals surface area contributed by atoms with Crippen molar-refractivity contribution in [3.05, 3.63) is 63.9 Å². The molecule has 0 spiro atoms. The van der Waals surface area contributed by atoms with Gasteiger partial charge < -0.3 is 5.32 Å². The van der Waals surface area contributed by atoms with Crippen LogP contribution in [0.5, 0.6) is 0 Å². The van der Waals surface area contributed by atoms with Crippen molar-refractivity contribution in [1.82, 2.24) is 10.3 Å². The maximum atomic E-state index is 12.6. The van der Waals surface area contributed by atoms with E-state index in [0.29, 0.717) is 5.56 Å². The third-order valence-corrected chi connectivity index (χ3v) is 3.14. The lowest BCUT2D eigenvalue weighted by molar-refractivity contribution is -0.137. The average molecular weight is 359 g/mol. The Hall–Kier alpha value is -1.89. The van der Waals surface area contributed by atoms with Gasteiger partial charge in [0.15, 0.2) is 0 Å². The number of nitrogens with zero attached hydrogens (tertiary/aromatic N) is 1. The molecular weight excluding hydrogens is 349 g/mol. The Bertz CT molecular complexity index is 641. The molecule has 3 nitrogen and oxygen atoms in total. The van der Waals surface area contributed by atoms with E-state index >= 15 is 0 Å². The molecular formula is C14H10BrF3N2O. The summed E-state index contributed by atoms with van der Waals surface area (Å²) in [5, 5.41) is 2.53. The summed E-state index contributed by atoms with van der Waals surface area (Å²) < 4.78 is 38.4. The second-order valence-corrected chi connectivity index (χ2v) is 5.16. The molecule has 0 fully saturated rings. The lowest BCUT2D eigenvalue weighted by atomic mass is 10.1. The highest BCUT2D eigenvalue weighted by Gasteiger charge is 2.30. The van der Waals surface area contributed by atoms with Gasteiger partial charge in [0.1, 0.15) is 5.69 Å². The van der Waals surface area contributed by atoms with Crippen LogP contribution in [0.1, 0.15) is 21.6 Å². The lowest BCUT2D eigenvalue weighted by Crippen LogP contribution is -2.23. The summed E-state index contributed by atoms with van der Waals surface area (Å²) in [5.41, 5.74) is -0.170. The van der Waals surface area contributed by atoms with Crippen LogP contribution in [-0.2, 0) is 12.7 Å². The largest absolute Gasteiger partial charge is 0.416 e. The third-order valence-electron chi connectivity index (χ3n) is 2.67. The molecule has 0 atom stereocenters. The van der Waals surface area contributed by atoms with E-state index in [4.69, 9.17) is 0 Å². The summed E-state index contributed by atoms with van der Waals surface area (Å²) in [6.07, 6.45) is -2.92. The quantitative estimate of drug-likeness (QED) is 0.906. The molecule has 0 aliphatic carbocycles. The molecule has 2 aromatic rings. The first-order valence-corrected chi connectivity index (χ1v) is 6.71. The molecule has 0 unspecified atom stereocenters. The van der Waals surface area contributed by atoms with Gasteiger partial charge in [0.05, 0.1) is 5.56 Å². The molecule has 1 amide bonds. The fraction of sp³-hybridized carbons (Fsp3) is 0.143. The first-order chi connectivity index (χ1) is 9.86. The van der Waals surface area contributed by atoms with Gasteiger partial charge in [-0.3, -0.25) is 4.79 Å². The Morgan fingerprint density at radius 1 is 1.24 bits per heavy atom. The van der Waals surface area contributed by atoms with E-state index in [0.717, 1.165) is 16.6 Å². The molecule has 1 N–H and O–H groups in total. The lowest BCUT2D eigenvalue weighted by Gasteiger charge is -2.09. The minimum atomic E-state index is -4.40. The number of alkyl halides is 3. The number of aromatic nitrogens is 1. The van der Waals surface area contributed by atoms with Crippen molar-refractivity contribution in [2.24, 2.45) is 0 Å². The molecule has 110 valence electrons. The highest BCUT2D eigenvalue weighted by Crippen LogP contribution is 2.29. The number of pyridine rings is 1. The Kier molecular flexibility index (Phi) is 4.62. The zero-order chi connectivity index (χ0) is 15.5. The summed E-state index contributed by atoms with van der Waals surface area (Å²) in [6, 6.07) is 8.00. The van der Waals surface area contributed by atoms with Gasteiger partial charge in [0, 0.05) is 17.2 Å². The second-order valence-electron chi connectivity index (χ2n) is 4.24. The maximum absolute atomic E-state index is 12.6. The van der Waals surface area contributed by atoms with Gasteiger partial charge in [-0.2, -0.15) is 13.2 Å². The van der Waals surface area contributed by atoms with Crippen LogP contribution >= 0.6 is 15.9 Å². The number of hydrogen-bond acceptors (Lipinski definition) is 2. The van der Waals surface area contributed by atoms with Crippen LogP contribution in [0, 0.1) is 0 Å². The van der Waals surface area contributed by atoms with Crippen LogP contribution in [-0.4, -0.2) is 10.9 Å². The molecule has 0 bridgehead atoms. The Labute approximate surface area is 127 Å². The van der Waals surface area contributed by atoms with Crippen molar-refractivity contribution >= 4 is 21.8 Å². The van der Waals surface area contributed by atoms with Crippen LogP contribution in [0.2, 0.25) is 0 Å². The van der Waals surface area contributed by atoms with Crippen molar-refractivity contribution in [3.8, 4) is 0 Å². The number of amides is 1. The summed E-state index contributed by atoms with van der Waals surface area (Å²) in [5.74, 6) is -0.445. The standard InChI is InChI=1S/C14H10BrF3N2O/c15-11-4-5-12(19-8-11)13(21)20-7-9-2-1-3-10(6-9)14(16,17)18/h1-6,8H,7H2,(H,20,21). The van der Waals surface area contributed by atoms with Gasteiger partial charge in [-0.05, 0) is 45.8 Å². The third kappa shape index (κ3) is 4.29. The Balaban J connectivity index is 2.03. The number of nitrogens with one attached hydrogen (secondary N) is 1. The SMILES string of the molecule is O=C(NCc1cccc(C(F)(F)F)c1)c1ccc(Br)cn1. The van der Waals surface area contributed by atoms with Crippen LogP contribution in [0.15, 0.2) is 47.1 Å². The zero-order valence-corrected chi connectivity index (χ0v) is 12.2. The molecule has 0 radical (unpaired) electrons. The molecule has 21 heavy (non-hydrogen) atoms. The maximum Gasteiger partial charge on any atom is 0.416 e. The van der Waals surface area contributed by atoms with E-state index in [9.17, 15) is 18.0 Å². The average Bonchev–Trinajstić information content (AvgIpc) is 2.45. The molecule has 1 aromatic carbocycles. The van der Waals surface area contributed by atoms with Crippen molar-refractivity contribution in [3.63, 3.8) is 0 Å². The van der Waals surface area contributed by atoms with Crippen molar-refractivity contribution in [2.75, 3.05) is 0 Å². The van der Waals surface area contributed by atoms with Crippen LogP contribution < -0.4 is 5.32 Å². The van der Waals surface area contributed by atoms with Crippen LogP contribution in [0.25, 0.3) is 0 Å². The highest BCUT2D eigenvalue weighted by atomic mass is 79.9. The van der Waals surface area contributed by atoms with E-state index < -0.39 is 17.6 Å². The first kappa shape index (κ1) is 15.5. The topological polar surface area (TPSA) is 42.0 Å². The summed E-state index contributed by atoms with van der Waals surface area (Å²) in [6.45, 7) is 0.000493. The van der Waals surface area contributed by atoms with Gasteiger partial charge in [0.2, 0.25) is 0 Å². The highest BCUT2D eigenvalue weighted by molar-refractivity contribution is 9.10. The molecule has 1 heterocycles. The number of benzene rings is 1. The smallest absolute Gasteiger partial charge is 0.347 e. The van der Waals surface area contributed by atoms with E-state index in [-0.39, 0.29) is 12.2 Å².